The summed E-state index contributed by atoms with van der Waals surface area (Å²) in [5, 5.41) is 4.79. The van der Waals surface area contributed by atoms with Crippen molar-refractivity contribution in [1.29, 1.82) is 0 Å². The van der Waals surface area contributed by atoms with Crippen LogP contribution in [0.2, 0.25) is 0 Å². The van der Waals surface area contributed by atoms with Crippen LogP contribution < -0.4 is 9.80 Å². The third-order valence-electron chi connectivity index (χ3n) is 26.4. The number of fused-ring (bicyclic) bond motifs is 16. The summed E-state index contributed by atoms with van der Waals surface area (Å²) in [6, 6.07) is 92.5. The van der Waals surface area contributed by atoms with Gasteiger partial charge >= 0.3 is 0 Å². The van der Waals surface area contributed by atoms with Crippen LogP contribution in [-0.4, -0.2) is 13.7 Å². The molecule has 0 amide bonds. The SMILES string of the molecule is [2H]c1c([2H])c([2H])c2c(c1[2H])c1c([2H])c([2H])c([2H])c([2H])c1n2-c1ccc2c(c1)N(c1cc(-c3ccccc3)cc(-c3ccccc3)c1)c1cc(-n3c4ccc(C(C)(C)C)cc4c4cc(C(C)(C)C)ccc43)cc3c1C2c1ccc(-c2cc(C(C)(C)C)cc(C(C)(C)C)c2)cc1N3c1cccc2c1Cc1c-2cccc1-n1c2ccc(C(C)(C)C)cc2c2cc(C(C)(C)C)ccc21. The number of anilines is 6. The lowest BCUT2D eigenvalue weighted by Gasteiger charge is -2.46. The number of rotatable bonds is 8. The summed E-state index contributed by atoms with van der Waals surface area (Å²) >= 11 is 0. The zero-order chi connectivity index (χ0) is 90.6. The monoisotopic (exact) mass is 1580 g/mol. The maximum Gasteiger partial charge on any atom is 0.0645 e. The highest BCUT2D eigenvalue weighted by Crippen LogP contribution is 2.64. The van der Waals surface area contributed by atoms with Gasteiger partial charge in [0.05, 0.1) is 83.9 Å². The summed E-state index contributed by atoms with van der Waals surface area (Å²) in [6.45, 7) is 41.5. The molecule has 0 fully saturated rings. The van der Waals surface area contributed by atoms with E-state index in [4.69, 9.17) is 0 Å². The van der Waals surface area contributed by atoms with Crippen LogP contribution in [0.25, 0.3) is 127 Å². The van der Waals surface area contributed by atoms with E-state index in [1.807, 2.05) is 6.07 Å². The van der Waals surface area contributed by atoms with Gasteiger partial charge in [-0.05, 0) is 254 Å². The van der Waals surface area contributed by atoms with Crippen LogP contribution in [0.15, 0.2) is 303 Å². The Balaban J connectivity index is 0.918. The third kappa shape index (κ3) is 12.3. The number of benzene rings is 15. The zero-order valence-corrected chi connectivity index (χ0v) is 72.8. The minimum atomic E-state index is -0.510. The van der Waals surface area contributed by atoms with Gasteiger partial charge in [-0.1, -0.05) is 306 Å². The lowest BCUT2D eigenvalue weighted by molar-refractivity contribution is 0.569. The summed E-state index contributed by atoms with van der Waals surface area (Å²) in [5.74, 6) is -0.510. The van der Waals surface area contributed by atoms with Crippen molar-refractivity contribution in [3.63, 3.8) is 0 Å². The number of aromatic nitrogens is 3. The van der Waals surface area contributed by atoms with Crippen LogP contribution in [0.3, 0.4) is 0 Å². The maximum atomic E-state index is 9.97. The van der Waals surface area contributed by atoms with Crippen molar-refractivity contribution in [2.45, 2.75) is 169 Å². The Labute approximate surface area is 725 Å². The fourth-order valence-electron chi connectivity index (χ4n) is 19.7. The second-order valence-corrected chi connectivity index (χ2v) is 40.5. The van der Waals surface area contributed by atoms with Crippen molar-refractivity contribution < 1.29 is 11.0 Å². The Kier molecular flexibility index (Phi) is 14.9. The van der Waals surface area contributed by atoms with Crippen LogP contribution in [0.5, 0.6) is 0 Å². The highest BCUT2D eigenvalue weighted by molar-refractivity contribution is 6.13. The Morgan fingerprint density at radius 1 is 0.248 bits per heavy atom. The van der Waals surface area contributed by atoms with Crippen molar-refractivity contribution in [2.24, 2.45) is 0 Å². The summed E-state index contributed by atoms with van der Waals surface area (Å²) in [6.07, 6.45) is 0.616. The average molecular weight is 1580 g/mol. The first-order chi connectivity index (χ1) is 61.1. The van der Waals surface area contributed by atoms with Gasteiger partial charge in [-0.2, -0.15) is 0 Å². The minimum Gasteiger partial charge on any atom is -0.310 e. The van der Waals surface area contributed by atoms with Crippen LogP contribution in [0, 0.1) is 0 Å². The van der Waals surface area contributed by atoms with E-state index in [0.29, 0.717) is 12.1 Å². The van der Waals surface area contributed by atoms with Gasteiger partial charge < -0.3 is 23.5 Å². The number of hydrogen-bond acceptors (Lipinski definition) is 2. The molecule has 1 atom stereocenters. The first-order valence-electron chi connectivity index (χ1n) is 47.0. The number of nitrogens with zero attached hydrogens (tertiary/aromatic N) is 5. The van der Waals surface area contributed by atoms with Crippen LogP contribution in [0.4, 0.5) is 34.1 Å². The summed E-state index contributed by atoms with van der Waals surface area (Å²) < 4.78 is 83.2. The van der Waals surface area contributed by atoms with Crippen LogP contribution >= 0.6 is 0 Å². The summed E-state index contributed by atoms with van der Waals surface area (Å²) in [4.78, 5) is 5.07. The van der Waals surface area contributed by atoms with Crippen LogP contribution in [0.1, 0.15) is 203 Å². The van der Waals surface area contributed by atoms with Gasteiger partial charge in [0.2, 0.25) is 0 Å². The Morgan fingerprint density at radius 3 is 1.12 bits per heavy atom. The van der Waals surface area contributed by atoms with Gasteiger partial charge in [-0.3, -0.25) is 0 Å². The molecule has 2 aliphatic heterocycles. The second kappa shape index (κ2) is 26.9. The number of hydrogen-bond donors (Lipinski definition) is 0. The second-order valence-electron chi connectivity index (χ2n) is 40.5. The molecule has 3 aromatic heterocycles. The minimum absolute atomic E-state index is 0.0123. The topological polar surface area (TPSA) is 21.3 Å². The molecule has 0 saturated heterocycles. The quantitative estimate of drug-likeness (QED) is 0.151. The predicted octanol–water partition coefficient (Wildman–Crippen LogP) is 32.1. The molecule has 3 aliphatic rings. The Bertz CT molecular complexity index is 7560. The van der Waals surface area contributed by atoms with Gasteiger partial charge in [0.15, 0.2) is 0 Å². The molecule has 5 heteroatoms. The largest absolute Gasteiger partial charge is 0.310 e. The normalized spacial score (nSPS) is 15.1. The molecule has 5 nitrogen and oxygen atoms in total. The fraction of sp³-hybridized carbons (Fsp3) is 0.224. The first kappa shape index (κ1) is 67.1. The first-order valence-corrected chi connectivity index (χ1v) is 43.0. The van der Waals surface area contributed by atoms with E-state index in [9.17, 15) is 11.0 Å². The molecule has 1 unspecified atom stereocenters. The van der Waals surface area contributed by atoms with Crippen molar-refractivity contribution in [3.8, 4) is 61.6 Å². The van der Waals surface area contributed by atoms with Gasteiger partial charge in [0.25, 0.3) is 0 Å². The highest BCUT2D eigenvalue weighted by Gasteiger charge is 2.44. The smallest absolute Gasteiger partial charge is 0.0645 e. The molecule has 0 saturated carbocycles. The number of para-hydroxylation sites is 2. The Hall–Kier alpha value is -12.7. The summed E-state index contributed by atoms with van der Waals surface area (Å²) in [5.41, 5.74) is 33.2. The van der Waals surface area contributed by atoms with Gasteiger partial charge in [0, 0.05) is 61.6 Å². The van der Waals surface area contributed by atoms with Crippen molar-refractivity contribution in [2.75, 3.05) is 9.80 Å². The molecule has 1 aliphatic carbocycles. The van der Waals surface area contributed by atoms with Crippen molar-refractivity contribution in [3.05, 3.63) is 364 Å². The summed E-state index contributed by atoms with van der Waals surface area (Å²) in [7, 11) is 0. The molecule has 0 bridgehead atoms. The highest BCUT2D eigenvalue weighted by atomic mass is 15.2. The zero-order valence-electron chi connectivity index (χ0n) is 80.8. The molecule has 0 N–H and O–H groups in total. The molecular weight excluding hydrogens is 1460 g/mol. The van der Waals surface area contributed by atoms with E-state index < -0.39 is 42.2 Å². The van der Waals surface area contributed by atoms with E-state index in [0.717, 1.165) is 128 Å². The lowest BCUT2D eigenvalue weighted by Crippen LogP contribution is -2.30. The van der Waals surface area contributed by atoms with Crippen molar-refractivity contribution >= 4 is 99.5 Å². The molecule has 15 aromatic carbocycles. The molecule has 121 heavy (non-hydrogen) atoms. The van der Waals surface area contributed by atoms with Gasteiger partial charge in [0.1, 0.15) is 0 Å². The van der Waals surface area contributed by atoms with Gasteiger partial charge in [-0.15, -0.1) is 0 Å². The van der Waals surface area contributed by atoms with E-state index in [-0.39, 0.29) is 66.4 Å². The molecule has 18 aromatic rings. The lowest BCUT2D eigenvalue weighted by atomic mass is 9.74. The molecule has 5 heterocycles. The van der Waals surface area contributed by atoms with Gasteiger partial charge in [-0.25, -0.2) is 0 Å². The van der Waals surface area contributed by atoms with E-state index in [2.05, 4.69) is 392 Å². The van der Waals surface area contributed by atoms with E-state index in [1.54, 1.807) is 4.57 Å². The molecule has 21 rings (SSSR count). The molecule has 0 spiro atoms. The van der Waals surface area contributed by atoms with Crippen LogP contribution in [-0.2, 0) is 38.9 Å². The third-order valence-corrected chi connectivity index (χ3v) is 26.4. The van der Waals surface area contributed by atoms with Crippen molar-refractivity contribution in [1.82, 2.24) is 13.7 Å². The molecular formula is C116H107N5. The average Bonchev–Trinajstić information content (AvgIpc) is 1.61. The van der Waals surface area contributed by atoms with E-state index in [1.165, 1.54) is 66.4 Å². The predicted molar refractivity (Wildman–Crippen MR) is 517 cm³/mol. The van der Waals surface area contributed by atoms with E-state index >= 15 is 0 Å². The Morgan fingerprint density at radius 2 is 0.645 bits per heavy atom. The molecule has 596 valence electrons. The standard InChI is InChI=1S/C116H107N5/c1-111(2,3)76-44-51-101-91(62-76)92-63-77(112(4,5)6)45-52-102(92)118(101)84-67-107-110-108(68-84)121(100-42-30-38-86-85-37-29-41-99(95(85)69-96(86)100)120-103-53-46-78(113(7,8)9)64-93(103)94-65-79(114(10,11)12)47-54-104(94)120)105-60-72(75-56-80(115(13,14)15)61-81(57-75)116(16,17)18)43-49-89(105)109(110)90-50-48-82(117-97-39-27-25-35-87(97)88-36-26-28-40-98(88)117)66-106(90)119(107)83-58-73(70-31-21-19-22-32-70)55-74(59-83)71-33-23-20-24-34-71/h19-68,109H,69H2,1-18H3/i25D,26D,27D,28D,35D,36D,39D,40D. The molecule has 0 radical (unpaired) electrons. The fourth-order valence-corrected chi connectivity index (χ4v) is 19.7. The maximum absolute atomic E-state index is 9.97.